The third-order valence-electron chi connectivity index (χ3n) is 4.28. The topological polar surface area (TPSA) is 44.8 Å². The fourth-order valence-corrected chi connectivity index (χ4v) is 3.19. The minimum absolute atomic E-state index is 0.00898. The smallest absolute Gasteiger partial charge is 0.170 e. The van der Waals surface area contributed by atoms with Gasteiger partial charge < -0.3 is 14.2 Å². The summed E-state index contributed by atoms with van der Waals surface area (Å²) in [5.74, 6) is 0.950. The predicted molar refractivity (Wildman–Crippen MR) is 81.5 cm³/mol. The second-order valence-corrected chi connectivity index (χ2v) is 5.89. The van der Waals surface area contributed by atoms with Crippen LogP contribution in [0.4, 0.5) is 0 Å². The van der Waals surface area contributed by atoms with Crippen LogP contribution in [0.2, 0.25) is 5.02 Å². The Labute approximate surface area is 130 Å². The number of hydrogen-bond donors (Lipinski definition) is 0. The molecule has 21 heavy (non-hydrogen) atoms. The molecule has 116 valence electrons. The molecule has 4 unspecified atom stereocenters. The quantitative estimate of drug-likeness (QED) is 0.797. The van der Waals surface area contributed by atoms with Gasteiger partial charge in [0.05, 0.1) is 37.4 Å². The van der Waals surface area contributed by atoms with Crippen LogP contribution < -0.4 is 9.47 Å². The summed E-state index contributed by atoms with van der Waals surface area (Å²) in [7, 11) is 3.07. The maximum atomic E-state index is 12.8. The minimum atomic E-state index is -0.199. The van der Waals surface area contributed by atoms with E-state index in [1.165, 1.54) is 14.2 Å². The molecule has 1 aromatic carbocycles. The number of halogens is 1. The molecular formula is C16H21ClO4. The Balaban J connectivity index is 2.40. The van der Waals surface area contributed by atoms with Gasteiger partial charge in [-0.2, -0.15) is 0 Å². The van der Waals surface area contributed by atoms with E-state index in [4.69, 9.17) is 25.8 Å². The predicted octanol–water partition coefficient (Wildman–Crippen LogP) is 3.60. The van der Waals surface area contributed by atoms with Crippen LogP contribution in [0.1, 0.15) is 31.1 Å². The maximum Gasteiger partial charge on any atom is 0.170 e. The van der Waals surface area contributed by atoms with E-state index in [9.17, 15) is 4.79 Å². The normalized spacial score (nSPS) is 28.5. The Morgan fingerprint density at radius 1 is 1.10 bits per heavy atom. The van der Waals surface area contributed by atoms with E-state index in [2.05, 4.69) is 0 Å². The highest BCUT2D eigenvalue weighted by Crippen LogP contribution is 2.39. The summed E-state index contributed by atoms with van der Waals surface area (Å²) in [5, 5.41) is 0.372. The largest absolute Gasteiger partial charge is 0.493 e. The van der Waals surface area contributed by atoms with Crippen LogP contribution in [0.3, 0.4) is 0 Å². The maximum absolute atomic E-state index is 12.8. The van der Waals surface area contributed by atoms with Crippen molar-refractivity contribution in [1.29, 1.82) is 0 Å². The monoisotopic (exact) mass is 312 g/mol. The van der Waals surface area contributed by atoms with Gasteiger partial charge in [0.2, 0.25) is 0 Å². The summed E-state index contributed by atoms with van der Waals surface area (Å²) < 4.78 is 16.2. The summed E-state index contributed by atoms with van der Waals surface area (Å²) in [5.41, 5.74) is 0.454. The molecule has 1 aromatic rings. The second-order valence-electron chi connectivity index (χ2n) is 5.48. The van der Waals surface area contributed by atoms with E-state index in [-0.39, 0.29) is 29.8 Å². The van der Waals surface area contributed by atoms with Crippen LogP contribution in [-0.4, -0.2) is 32.2 Å². The van der Waals surface area contributed by atoms with Gasteiger partial charge in [-0.25, -0.2) is 0 Å². The Morgan fingerprint density at radius 2 is 1.67 bits per heavy atom. The standard InChI is InChI=1S/C16H21ClO4/c1-8-9(2)21-10(3)15(8)16(18)11-6-13(19-4)14(20-5)7-12(11)17/h6-10,15H,1-5H3. The fourth-order valence-electron chi connectivity index (χ4n) is 2.94. The number of benzene rings is 1. The summed E-state index contributed by atoms with van der Waals surface area (Å²) >= 11 is 6.25. The molecule has 1 heterocycles. The fraction of sp³-hybridized carbons (Fsp3) is 0.562. The third kappa shape index (κ3) is 2.87. The zero-order valence-corrected chi connectivity index (χ0v) is 13.7. The number of carbonyl (C=O) groups is 1. The molecule has 1 saturated heterocycles. The lowest BCUT2D eigenvalue weighted by molar-refractivity contribution is 0.0491. The van der Waals surface area contributed by atoms with Gasteiger partial charge >= 0.3 is 0 Å². The molecule has 1 fully saturated rings. The van der Waals surface area contributed by atoms with Crippen LogP contribution in [0, 0.1) is 11.8 Å². The highest BCUT2D eigenvalue weighted by atomic mass is 35.5. The van der Waals surface area contributed by atoms with Gasteiger partial charge in [0.1, 0.15) is 0 Å². The van der Waals surface area contributed by atoms with Crippen molar-refractivity contribution in [2.24, 2.45) is 11.8 Å². The van der Waals surface area contributed by atoms with Gasteiger partial charge in [-0.1, -0.05) is 18.5 Å². The van der Waals surface area contributed by atoms with E-state index in [0.29, 0.717) is 22.1 Å². The molecule has 0 saturated carbocycles. The molecule has 4 nitrogen and oxygen atoms in total. The molecule has 0 spiro atoms. The van der Waals surface area contributed by atoms with Crippen LogP contribution in [0.25, 0.3) is 0 Å². The second kappa shape index (κ2) is 6.24. The van der Waals surface area contributed by atoms with E-state index in [1.54, 1.807) is 12.1 Å². The lowest BCUT2D eigenvalue weighted by Crippen LogP contribution is -2.27. The van der Waals surface area contributed by atoms with E-state index in [1.807, 2.05) is 20.8 Å². The summed E-state index contributed by atoms with van der Waals surface area (Å²) in [6, 6.07) is 3.26. The van der Waals surface area contributed by atoms with Crippen molar-refractivity contribution in [3.63, 3.8) is 0 Å². The van der Waals surface area contributed by atoms with Crippen LogP contribution in [-0.2, 0) is 4.74 Å². The molecule has 0 bridgehead atoms. The van der Waals surface area contributed by atoms with Crippen LogP contribution in [0.15, 0.2) is 12.1 Å². The molecule has 5 heteroatoms. The molecule has 0 N–H and O–H groups in total. The van der Waals surface area contributed by atoms with Gasteiger partial charge in [-0.15, -0.1) is 0 Å². The van der Waals surface area contributed by atoms with Crippen molar-refractivity contribution < 1.29 is 19.0 Å². The number of carbonyl (C=O) groups excluding carboxylic acids is 1. The van der Waals surface area contributed by atoms with Crippen molar-refractivity contribution in [2.75, 3.05) is 14.2 Å². The zero-order chi connectivity index (χ0) is 15.7. The Morgan fingerprint density at radius 3 is 2.14 bits per heavy atom. The number of methoxy groups -OCH3 is 2. The van der Waals surface area contributed by atoms with Crippen molar-refractivity contribution in [2.45, 2.75) is 33.0 Å². The SMILES string of the molecule is COc1cc(Cl)c(C(=O)C2C(C)OC(C)C2C)cc1OC. The lowest BCUT2D eigenvalue weighted by atomic mass is 9.83. The summed E-state index contributed by atoms with van der Waals surface area (Å²) in [4.78, 5) is 12.8. The molecule has 4 atom stereocenters. The van der Waals surface area contributed by atoms with Crippen LogP contribution in [0.5, 0.6) is 11.5 Å². The third-order valence-corrected chi connectivity index (χ3v) is 4.60. The van der Waals surface area contributed by atoms with Crippen molar-refractivity contribution in [3.05, 3.63) is 22.7 Å². The number of Topliss-reactive ketones (excluding diaryl/α,β-unsaturated/α-hetero) is 1. The van der Waals surface area contributed by atoms with Crippen LogP contribution >= 0.6 is 11.6 Å². The van der Waals surface area contributed by atoms with Gasteiger partial charge in [0, 0.05) is 11.6 Å². The van der Waals surface area contributed by atoms with Gasteiger partial charge in [-0.05, 0) is 25.8 Å². The first-order valence-electron chi connectivity index (χ1n) is 7.01. The molecular weight excluding hydrogens is 292 g/mol. The van der Waals surface area contributed by atoms with E-state index in [0.717, 1.165) is 0 Å². The van der Waals surface area contributed by atoms with Crippen molar-refractivity contribution in [3.8, 4) is 11.5 Å². The molecule has 0 aliphatic carbocycles. The summed E-state index contributed by atoms with van der Waals surface area (Å²) in [6.07, 6.45) is -0.0560. The average molecular weight is 313 g/mol. The number of hydrogen-bond acceptors (Lipinski definition) is 4. The molecule has 0 radical (unpaired) electrons. The first kappa shape index (κ1) is 16.1. The first-order valence-corrected chi connectivity index (χ1v) is 7.39. The van der Waals surface area contributed by atoms with Gasteiger partial charge in [0.15, 0.2) is 17.3 Å². The molecule has 0 amide bonds. The number of ether oxygens (including phenoxy) is 3. The number of ketones is 1. The Hall–Kier alpha value is -1.26. The average Bonchev–Trinajstić information content (AvgIpc) is 2.71. The van der Waals surface area contributed by atoms with E-state index < -0.39 is 0 Å². The highest BCUT2D eigenvalue weighted by Gasteiger charge is 2.42. The van der Waals surface area contributed by atoms with E-state index >= 15 is 0 Å². The minimum Gasteiger partial charge on any atom is -0.493 e. The molecule has 2 rings (SSSR count). The highest BCUT2D eigenvalue weighted by molar-refractivity contribution is 6.34. The lowest BCUT2D eigenvalue weighted by Gasteiger charge is -2.19. The molecule has 0 aromatic heterocycles. The molecule has 1 aliphatic rings. The van der Waals surface area contributed by atoms with Gasteiger partial charge in [0.25, 0.3) is 0 Å². The van der Waals surface area contributed by atoms with Crippen molar-refractivity contribution >= 4 is 17.4 Å². The first-order chi connectivity index (χ1) is 9.90. The van der Waals surface area contributed by atoms with Crippen molar-refractivity contribution in [1.82, 2.24) is 0 Å². The molecule has 1 aliphatic heterocycles. The summed E-state index contributed by atoms with van der Waals surface area (Å²) in [6.45, 7) is 5.95. The van der Waals surface area contributed by atoms with Gasteiger partial charge in [-0.3, -0.25) is 4.79 Å². The Kier molecular flexibility index (Phi) is 4.79. The Bertz CT molecular complexity index is 543. The zero-order valence-electron chi connectivity index (χ0n) is 13.0. The number of rotatable bonds is 4.